The number of hydrogen-bond donors (Lipinski definition) is 1. The zero-order chi connectivity index (χ0) is 14.0. The van der Waals surface area contributed by atoms with Crippen molar-refractivity contribution in [3.05, 3.63) is 18.2 Å². The molecule has 20 heavy (non-hydrogen) atoms. The molecule has 1 N–H and O–H groups in total. The van der Waals surface area contributed by atoms with E-state index in [1.54, 1.807) is 0 Å². The van der Waals surface area contributed by atoms with Crippen LogP contribution < -0.4 is 5.32 Å². The van der Waals surface area contributed by atoms with Crippen LogP contribution in [0.25, 0.3) is 0 Å². The second kappa shape index (κ2) is 5.84. The van der Waals surface area contributed by atoms with Crippen LogP contribution in [0.5, 0.6) is 0 Å². The third-order valence-electron chi connectivity index (χ3n) is 5.05. The minimum absolute atomic E-state index is 0.206. The molecule has 0 aromatic carbocycles. The predicted molar refractivity (Wildman–Crippen MR) is 78.6 cm³/mol. The number of likely N-dealkylation sites (N-methyl/N-ethyl adjacent to an activating group) is 1. The highest BCUT2D eigenvalue weighted by molar-refractivity contribution is 5.13. The fourth-order valence-electron chi connectivity index (χ4n) is 4.08. The molecular formula is C15H26N4O. The Morgan fingerprint density at radius 2 is 2.00 bits per heavy atom. The Hall–Kier alpha value is -0.910. The highest BCUT2D eigenvalue weighted by Gasteiger charge is 2.47. The molecule has 1 aromatic heterocycles. The topological polar surface area (TPSA) is 42.3 Å². The van der Waals surface area contributed by atoms with E-state index in [9.17, 15) is 0 Å². The zero-order valence-corrected chi connectivity index (χ0v) is 12.6. The third-order valence-corrected chi connectivity index (χ3v) is 5.05. The zero-order valence-electron chi connectivity index (χ0n) is 12.6. The second-order valence-electron chi connectivity index (χ2n) is 6.03. The van der Waals surface area contributed by atoms with Gasteiger partial charge in [-0.15, -0.1) is 0 Å². The largest absolute Gasteiger partial charge is 0.379 e. The van der Waals surface area contributed by atoms with Crippen LogP contribution >= 0.6 is 0 Å². The average Bonchev–Trinajstić information content (AvgIpc) is 3.12. The Morgan fingerprint density at radius 1 is 1.30 bits per heavy atom. The Bertz CT molecular complexity index is 433. The van der Waals surface area contributed by atoms with Crippen LogP contribution in [-0.2, 0) is 11.8 Å². The fourth-order valence-corrected chi connectivity index (χ4v) is 4.08. The van der Waals surface area contributed by atoms with Gasteiger partial charge < -0.3 is 14.6 Å². The molecule has 2 heterocycles. The molecule has 3 rings (SSSR count). The lowest BCUT2D eigenvalue weighted by molar-refractivity contribution is -0.0369. The van der Waals surface area contributed by atoms with Crippen LogP contribution in [-0.4, -0.2) is 53.3 Å². The maximum Gasteiger partial charge on any atom is 0.127 e. The summed E-state index contributed by atoms with van der Waals surface area (Å²) in [5.41, 5.74) is 0.206. The van der Waals surface area contributed by atoms with Gasteiger partial charge in [-0.2, -0.15) is 0 Å². The number of aromatic nitrogens is 2. The Balaban J connectivity index is 1.93. The molecule has 1 saturated heterocycles. The van der Waals surface area contributed by atoms with Gasteiger partial charge in [0.2, 0.25) is 0 Å². The Kier molecular flexibility index (Phi) is 4.10. The molecule has 0 amide bonds. The van der Waals surface area contributed by atoms with Crippen molar-refractivity contribution in [2.75, 3.05) is 33.4 Å². The number of aryl methyl sites for hydroxylation is 1. The number of nitrogens with one attached hydrogen (secondary N) is 1. The van der Waals surface area contributed by atoms with Gasteiger partial charge in [-0.3, -0.25) is 4.90 Å². The van der Waals surface area contributed by atoms with Gasteiger partial charge in [0.15, 0.2) is 0 Å². The molecule has 1 saturated carbocycles. The van der Waals surface area contributed by atoms with E-state index in [-0.39, 0.29) is 5.54 Å². The molecule has 5 heteroatoms. The van der Waals surface area contributed by atoms with Crippen LogP contribution in [0.2, 0.25) is 0 Å². The highest BCUT2D eigenvalue weighted by Crippen LogP contribution is 2.44. The summed E-state index contributed by atoms with van der Waals surface area (Å²) in [5.74, 6) is 1.15. The smallest absolute Gasteiger partial charge is 0.127 e. The first kappa shape index (κ1) is 14.0. The monoisotopic (exact) mass is 278 g/mol. The van der Waals surface area contributed by atoms with Crippen molar-refractivity contribution in [2.45, 2.75) is 37.3 Å². The van der Waals surface area contributed by atoms with E-state index in [0.29, 0.717) is 6.04 Å². The summed E-state index contributed by atoms with van der Waals surface area (Å²) in [7, 11) is 4.16. The molecular weight excluding hydrogens is 252 g/mol. The van der Waals surface area contributed by atoms with E-state index in [0.717, 1.165) is 32.1 Å². The summed E-state index contributed by atoms with van der Waals surface area (Å²) in [6.07, 6.45) is 9.10. The van der Waals surface area contributed by atoms with Crippen molar-refractivity contribution in [2.24, 2.45) is 7.05 Å². The van der Waals surface area contributed by atoms with Crippen LogP contribution in [0.15, 0.2) is 12.4 Å². The SMILES string of the molecule is CNC(c1nccn1C)C1(N2CCOCC2)CCCC1. The standard InChI is InChI=1S/C15H26N4O/c1-16-13(14-17-7-8-18(14)2)15(5-3-4-6-15)19-9-11-20-12-10-19/h7-8,13,16H,3-6,9-12H2,1-2H3. The summed E-state index contributed by atoms with van der Waals surface area (Å²) >= 11 is 0. The fraction of sp³-hybridized carbons (Fsp3) is 0.800. The number of rotatable bonds is 4. The molecule has 2 aliphatic rings. The summed E-state index contributed by atoms with van der Waals surface area (Å²) in [6, 6.07) is 0.295. The minimum atomic E-state index is 0.206. The maximum absolute atomic E-state index is 5.55. The van der Waals surface area contributed by atoms with Crippen LogP contribution in [0.3, 0.4) is 0 Å². The van der Waals surface area contributed by atoms with Crippen molar-refractivity contribution in [1.82, 2.24) is 19.8 Å². The van der Waals surface area contributed by atoms with E-state index in [2.05, 4.69) is 33.9 Å². The number of nitrogens with zero attached hydrogens (tertiary/aromatic N) is 3. The van der Waals surface area contributed by atoms with Crippen LogP contribution in [0.4, 0.5) is 0 Å². The predicted octanol–water partition coefficient (Wildman–Crippen LogP) is 1.33. The van der Waals surface area contributed by atoms with Gasteiger partial charge in [-0.1, -0.05) is 12.8 Å². The number of morpholine rings is 1. The van der Waals surface area contributed by atoms with Gasteiger partial charge in [-0.25, -0.2) is 4.98 Å². The van der Waals surface area contributed by atoms with E-state index in [1.165, 1.54) is 25.7 Å². The van der Waals surface area contributed by atoms with E-state index in [4.69, 9.17) is 4.74 Å². The highest BCUT2D eigenvalue weighted by atomic mass is 16.5. The van der Waals surface area contributed by atoms with Gasteiger partial charge >= 0.3 is 0 Å². The molecule has 5 nitrogen and oxygen atoms in total. The molecule has 1 aliphatic carbocycles. The van der Waals surface area contributed by atoms with Crippen LogP contribution in [0, 0.1) is 0 Å². The first-order chi connectivity index (χ1) is 9.78. The molecule has 2 fully saturated rings. The normalized spacial score (nSPS) is 24.9. The summed E-state index contributed by atoms with van der Waals surface area (Å²) < 4.78 is 7.70. The lowest BCUT2D eigenvalue weighted by Crippen LogP contribution is -2.58. The van der Waals surface area contributed by atoms with E-state index < -0.39 is 0 Å². The maximum atomic E-state index is 5.55. The lowest BCUT2D eigenvalue weighted by Gasteiger charge is -2.47. The van der Waals surface area contributed by atoms with Crippen LogP contribution in [0.1, 0.15) is 37.5 Å². The third kappa shape index (κ3) is 2.28. The van der Waals surface area contributed by atoms with Gasteiger partial charge in [0.25, 0.3) is 0 Å². The van der Waals surface area contributed by atoms with E-state index in [1.807, 2.05) is 12.4 Å². The molecule has 112 valence electrons. The van der Waals surface area contributed by atoms with Crippen molar-refractivity contribution in [1.29, 1.82) is 0 Å². The quantitative estimate of drug-likeness (QED) is 0.902. The summed E-state index contributed by atoms with van der Waals surface area (Å²) in [4.78, 5) is 7.27. The summed E-state index contributed by atoms with van der Waals surface area (Å²) in [5, 5.41) is 3.56. The first-order valence-electron chi connectivity index (χ1n) is 7.75. The number of imidazole rings is 1. The minimum Gasteiger partial charge on any atom is -0.379 e. The Morgan fingerprint density at radius 3 is 2.55 bits per heavy atom. The lowest BCUT2D eigenvalue weighted by atomic mass is 9.85. The average molecular weight is 278 g/mol. The summed E-state index contributed by atoms with van der Waals surface area (Å²) in [6.45, 7) is 3.81. The van der Waals surface area contributed by atoms with Crippen molar-refractivity contribution in [3.63, 3.8) is 0 Å². The number of ether oxygens (including phenoxy) is 1. The van der Waals surface area contributed by atoms with Crippen molar-refractivity contribution >= 4 is 0 Å². The van der Waals surface area contributed by atoms with Gasteiger partial charge in [-0.05, 0) is 19.9 Å². The number of hydrogen-bond acceptors (Lipinski definition) is 4. The molecule has 1 atom stereocenters. The molecule has 0 spiro atoms. The molecule has 1 aromatic rings. The molecule has 0 bridgehead atoms. The van der Waals surface area contributed by atoms with Gasteiger partial charge in [0.05, 0.1) is 19.3 Å². The molecule has 1 unspecified atom stereocenters. The van der Waals surface area contributed by atoms with E-state index >= 15 is 0 Å². The van der Waals surface area contributed by atoms with Gasteiger partial charge in [0, 0.05) is 38.1 Å². The molecule has 0 radical (unpaired) electrons. The van der Waals surface area contributed by atoms with Gasteiger partial charge in [0.1, 0.15) is 5.82 Å². The van der Waals surface area contributed by atoms with Crippen molar-refractivity contribution < 1.29 is 4.74 Å². The first-order valence-corrected chi connectivity index (χ1v) is 7.75. The Labute approximate surface area is 121 Å². The van der Waals surface area contributed by atoms with Crippen molar-refractivity contribution in [3.8, 4) is 0 Å². The molecule has 1 aliphatic heterocycles. The second-order valence-corrected chi connectivity index (χ2v) is 6.03.